The molecule has 1 unspecified atom stereocenters. The Morgan fingerprint density at radius 2 is 1.58 bits per heavy atom. The Labute approximate surface area is 193 Å². The van der Waals surface area contributed by atoms with Crippen molar-refractivity contribution in [1.82, 2.24) is 5.06 Å². The first-order valence-electron chi connectivity index (χ1n) is 11.1. The molecule has 1 aliphatic heterocycles. The largest absolute Gasteiger partial charge is 0.348 e. The fourth-order valence-corrected chi connectivity index (χ4v) is 6.25. The highest BCUT2D eigenvalue weighted by Gasteiger charge is 2.41. The van der Waals surface area contributed by atoms with Crippen molar-refractivity contribution in [2.45, 2.75) is 48.8 Å². The fraction of sp³-hybridized carbons (Fsp3) is 0.458. The third-order valence-corrected chi connectivity index (χ3v) is 8.38. The van der Waals surface area contributed by atoms with E-state index in [1.54, 1.807) is 24.3 Å². The molecule has 1 amide bonds. The predicted octanol–water partition coefficient (Wildman–Crippen LogP) is 3.81. The van der Waals surface area contributed by atoms with Gasteiger partial charge < -0.3 is 9.47 Å². The van der Waals surface area contributed by atoms with Gasteiger partial charge in [0.1, 0.15) is 5.82 Å². The van der Waals surface area contributed by atoms with Crippen LogP contribution in [-0.2, 0) is 24.1 Å². The lowest BCUT2D eigenvalue weighted by Crippen LogP contribution is -2.41. The Morgan fingerprint density at radius 3 is 2.12 bits per heavy atom. The number of ether oxygens (including phenoxy) is 2. The zero-order valence-electron chi connectivity index (χ0n) is 18.2. The molecule has 1 saturated heterocycles. The first kappa shape index (κ1) is 23.8. The molecule has 1 spiro atoms. The molecule has 2 fully saturated rings. The fourth-order valence-electron chi connectivity index (χ4n) is 4.71. The van der Waals surface area contributed by atoms with Crippen molar-refractivity contribution in [3.05, 3.63) is 54.3 Å². The molecule has 0 bridgehead atoms. The average Bonchev–Trinajstić information content (AvgIpc) is 3.28. The number of sulfone groups is 1. The lowest BCUT2D eigenvalue weighted by atomic mass is 9.82. The van der Waals surface area contributed by atoms with Gasteiger partial charge in [-0.2, -0.15) is 0 Å². The van der Waals surface area contributed by atoms with Crippen molar-refractivity contribution >= 4 is 16.2 Å². The molecule has 178 valence electrons. The van der Waals surface area contributed by atoms with Crippen LogP contribution in [0.15, 0.2) is 53.4 Å². The topological polar surface area (TPSA) is 93.1 Å². The summed E-state index contributed by atoms with van der Waals surface area (Å²) in [6.07, 6.45) is 3.61. The van der Waals surface area contributed by atoms with Crippen molar-refractivity contribution in [1.29, 1.82) is 0 Å². The van der Waals surface area contributed by atoms with Crippen molar-refractivity contribution in [3.8, 4) is 11.1 Å². The van der Waals surface area contributed by atoms with Crippen LogP contribution in [0.5, 0.6) is 0 Å². The minimum atomic E-state index is -3.76. The molecular weight excluding hydrogens is 449 g/mol. The van der Waals surface area contributed by atoms with Gasteiger partial charge in [0.25, 0.3) is 0 Å². The van der Waals surface area contributed by atoms with E-state index in [2.05, 4.69) is 0 Å². The van der Waals surface area contributed by atoms with Gasteiger partial charge in [-0.1, -0.05) is 24.3 Å². The Bertz CT molecular complexity index is 1040. The standard InChI is InChI=1S/C24H28FNO6S/c25-21-5-1-19(2-6-21)20-3-7-23(8-4-20)33(29,30)16-22(26(28)17-27)15-18-9-11-24(12-10-18)31-13-14-32-24/h1-8,17-18,22,28H,9-16H2. The number of hydroxylamine groups is 2. The molecule has 1 N–H and O–H groups in total. The highest BCUT2D eigenvalue weighted by Crippen LogP contribution is 2.40. The van der Waals surface area contributed by atoms with Crippen LogP contribution in [0.3, 0.4) is 0 Å². The number of amides is 1. The molecule has 0 aromatic heterocycles. The zero-order chi connectivity index (χ0) is 23.5. The molecule has 2 aromatic carbocycles. The van der Waals surface area contributed by atoms with Crippen LogP contribution in [0.25, 0.3) is 11.1 Å². The van der Waals surface area contributed by atoms with E-state index in [4.69, 9.17) is 9.47 Å². The Hall–Kier alpha value is -2.33. The van der Waals surface area contributed by atoms with Crippen molar-refractivity contribution < 1.29 is 32.3 Å². The quantitative estimate of drug-likeness (QED) is 0.353. The molecule has 2 aromatic rings. The number of benzene rings is 2. The molecule has 0 radical (unpaired) electrons. The van der Waals surface area contributed by atoms with Crippen LogP contribution in [0.4, 0.5) is 4.39 Å². The molecule has 1 atom stereocenters. The molecular formula is C24H28FNO6S. The van der Waals surface area contributed by atoms with Gasteiger partial charge in [-0.15, -0.1) is 0 Å². The number of carbonyl (C=O) groups is 1. The maximum atomic E-state index is 13.1. The van der Waals surface area contributed by atoms with Gasteiger partial charge in [-0.25, -0.2) is 17.9 Å². The second-order valence-corrected chi connectivity index (χ2v) is 10.8. The predicted molar refractivity (Wildman–Crippen MR) is 119 cm³/mol. The third-order valence-electron chi connectivity index (χ3n) is 6.57. The Morgan fingerprint density at radius 1 is 1.03 bits per heavy atom. The SMILES string of the molecule is O=CN(O)C(CC1CCC2(CC1)OCCO2)CS(=O)(=O)c1ccc(-c2ccc(F)cc2)cc1. The van der Waals surface area contributed by atoms with Crippen LogP contribution >= 0.6 is 0 Å². The van der Waals surface area contributed by atoms with Crippen LogP contribution in [-0.4, -0.2) is 55.9 Å². The van der Waals surface area contributed by atoms with Gasteiger partial charge in [-0.05, 0) is 60.6 Å². The first-order valence-corrected chi connectivity index (χ1v) is 12.7. The first-order chi connectivity index (χ1) is 15.8. The second kappa shape index (κ2) is 9.89. The van der Waals surface area contributed by atoms with E-state index in [0.29, 0.717) is 37.5 Å². The summed E-state index contributed by atoms with van der Waals surface area (Å²) in [6.45, 7) is 1.17. The van der Waals surface area contributed by atoms with Gasteiger partial charge in [0, 0.05) is 12.8 Å². The monoisotopic (exact) mass is 477 g/mol. The van der Waals surface area contributed by atoms with Crippen molar-refractivity contribution in [3.63, 3.8) is 0 Å². The van der Waals surface area contributed by atoms with E-state index in [1.807, 2.05) is 0 Å². The van der Waals surface area contributed by atoms with E-state index < -0.39 is 21.7 Å². The third kappa shape index (κ3) is 5.60. The van der Waals surface area contributed by atoms with E-state index in [-0.39, 0.29) is 28.8 Å². The van der Waals surface area contributed by atoms with Gasteiger partial charge in [0.2, 0.25) is 6.41 Å². The summed E-state index contributed by atoms with van der Waals surface area (Å²) in [6, 6.07) is 11.4. The maximum Gasteiger partial charge on any atom is 0.233 e. The smallest absolute Gasteiger partial charge is 0.233 e. The zero-order valence-corrected chi connectivity index (χ0v) is 19.0. The van der Waals surface area contributed by atoms with Gasteiger partial charge >= 0.3 is 0 Å². The lowest BCUT2D eigenvalue weighted by Gasteiger charge is -2.37. The Kier molecular flexibility index (Phi) is 7.13. The summed E-state index contributed by atoms with van der Waals surface area (Å²) in [4.78, 5) is 11.4. The van der Waals surface area contributed by atoms with Crippen molar-refractivity contribution in [2.75, 3.05) is 19.0 Å². The summed E-state index contributed by atoms with van der Waals surface area (Å²) in [7, 11) is -3.76. The molecule has 9 heteroatoms. The molecule has 33 heavy (non-hydrogen) atoms. The number of nitrogens with zero attached hydrogens (tertiary/aromatic N) is 1. The second-order valence-electron chi connectivity index (χ2n) is 8.74. The van der Waals surface area contributed by atoms with E-state index >= 15 is 0 Å². The lowest BCUT2D eigenvalue weighted by molar-refractivity contribution is -0.185. The average molecular weight is 478 g/mol. The molecule has 1 heterocycles. The van der Waals surface area contributed by atoms with Crippen LogP contribution in [0.1, 0.15) is 32.1 Å². The van der Waals surface area contributed by atoms with Crippen molar-refractivity contribution in [2.24, 2.45) is 5.92 Å². The molecule has 2 aliphatic rings. The van der Waals surface area contributed by atoms with Gasteiger partial charge in [0.15, 0.2) is 15.6 Å². The molecule has 1 aliphatic carbocycles. The molecule has 1 saturated carbocycles. The van der Waals surface area contributed by atoms with E-state index in [9.17, 15) is 22.8 Å². The van der Waals surface area contributed by atoms with Gasteiger partial charge in [0.05, 0.1) is 29.9 Å². The van der Waals surface area contributed by atoms with Crippen LogP contribution in [0.2, 0.25) is 0 Å². The van der Waals surface area contributed by atoms with Crippen LogP contribution in [0, 0.1) is 11.7 Å². The molecule has 7 nitrogen and oxygen atoms in total. The Balaban J connectivity index is 1.43. The summed E-state index contributed by atoms with van der Waals surface area (Å²) in [5.74, 6) is -1.09. The summed E-state index contributed by atoms with van der Waals surface area (Å²) in [5.41, 5.74) is 1.53. The maximum absolute atomic E-state index is 13.1. The summed E-state index contributed by atoms with van der Waals surface area (Å²) in [5, 5.41) is 10.6. The summed E-state index contributed by atoms with van der Waals surface area (Å²) >= 11 is 0. The highest BCUT2D eigenvalue weighted by atomic mass is 32.2. The normalized spacial score (nSPS) is 19.5. The number of hydrogen-bond acceptors (Lipinski definition) is 6. The van der Waals surface area contributed by atoms with Crippen LogP contribution < -0.4 is 0 Å². The highest BCUT2D eigenvalue weighted by molar-refractivity contribution is 7.91. The van der Waals surface area contributed by atoms with Gasteiger partial charge in [-0.3, -0.25) is 10.0 Å². The molecule has 4 rings (SSSR count). The van der Waals surface area contributed by atoms with E-state index in [1.165, 1.54) is 24.3 Å². The minimum absolute atomic E-state index is 0.105. The summed E-state index contributed by atoms with van der Waals surface area (Å²) < 4.78 is 50.7. The number of halogens is 1. The van der Waals surface area contributed by atoms with E-state index in [0.717, 1.165) is 24.0 Å². The minimum Gasteiger partial charge on any atom is -0.348 e. The number of rotatable bonds is 8. The number of hydrogen-bond donors (Lipinski definition) is 1. The number of carbonyl (C=O) groups excluding carboxylic acids is 1.